The van der Waals surface area contributed by atoms with Crippen LogP contribution in [0.15, 0.2) is 54.6 Å². The molecule has 0 radical (unpaired) electrons. The Kier molecular flexibility index (Phi) is 5.22. The number of ether oxygens (including phenoxy) is 2. The first kappa shape index (κ1) is 17.5. The Morgan fingerprint density at radius 3 is 2.54 bits per heavy atom. The summed E-state index contributed by atoms with van der Waals surface area (Å²) in [5, 5.41) is 9.87. The molecular formula is C20H19NO5. The highest BCUT2D eigenvalue weighted by atomic mass is 16.5. The number of aliphatic carboxylic acids is 1. The van der Waals surface area contributed by atoms with Gasteiger partial charge in [0.1, 0.15) is 24.6 Å². The molecule has 3 rings (SSSR count). The average Bonchev–Trinajstić information content (AvgIpc) is 2.98. The zero-order chi connectivity index (χ0) is 18.5. The minimum absolute atomic E-state index is 0.212. The third-order valence-electron chi connectivity index (χ3n) is 3.90. The van der Waals surface area contributed by atoms with Crippen molar-refractivity contribution in [3.63, 3.8) is 0 Å². The molecule has 6 heteroatoms. The summed E-state index contributed by atoms with van der Waals surface area (Å²) in [7, 11) is 0. The predicted octanol–water partition coefficient (Wildman–Crippen LogP) is 3.48. The molecule has 0 amide bonds. The van der Waals surface area contributed by atoms with Crippen LogP contribution in [0.4, 0.5) is 0 Å². The largest absolute Gasteiger partial charge is 0.489 e. The summed E-state index contributed by atoms with van der Waals surface area (Å²) in [4.78, 5) is 23.3. The number of aromatic nitrogens is 1. The van der Waals surface area contributed by atoms with E-state index < -0.39 is 11.9 Å². The van der Waals surface area contributed by atoms with Gasteiger partial charge in [0.2, 0.25) is 0 Å². The summed E-state index contributed by atoms with van der Waals surface area (Å²) in [5.41, 5.74) is 1.90. The van der Waals surface area contributed by atoms with Crippen LogP contribution in [-0.2, 0) is 22.7 Å². The Labute approximate surface area is 150 Å². The number of rotatable bonds is 7. The highest BCUT2D eigenvalue weighted by Crippen LogP contribution is 2.26. The number of hydrogen-bond acceptors (Lipinski definition) is 4. The van der Waals surface area contributed by atoms with E-state index in [2.05, 4.69) is 0 Å². The highest BCUT2D eigenvalue weighted by Gasteiger charge is 2.18. The molecule has 0 fully saturated rings. The summed E-state index contributed by atoms with van der Waals surface area (Å²) in [6.07, 6.45) is 0. The molecule has 26 heavy (non-hydrogen) atoms. The summed E-state index contributed by atoms with van der Waals surface area (Å²) < 4.78 is 12.3. The fourth-order valence-corrected chi connectivity index (χ4v) is 2.76. The molecule has 3 aromatic rings. The van der Waals surface area contributed by atoms with E-state index in [0.717, 1.165) is 10.9 Å². The molecule has 6 nitrogen and oxygen atoms in total. The molecule has 0 aliphatic heterocycles. The van der Waals surface area contributed by atoms with Crippen molar-refractivity contribution >= 4 is 22.8 Å². The van der Waals surface area contributed by atoms with Gasteiger partial charge in [0.05, 0.1) is 6.61 Å². The van der Waals surface area contributed by atoms with Crippen LogP contribution in [0.1, 0.15) is 23.0 Å². The van der Waals surface area contributed by atoms with Gasteiger partial charge in [-0.05, 0) is 36.8 Å². The maximum absolute atomic E-state index is 12.1. The number of benzene rings is 2. The lowest BCUT2D eigenvalue weighted by Gasteiger charge is -2.08. The van der Waals surface area contributed by atoms with E-state index in [0.29, 0.717) is 17.9 Å². The van der Waals surface area contributed by atoms with Gasteiger partial charge in [0.15, 0.2) is 0 Å². The third kappa shape index (κ3) is 3.85. The molecular weight excluding hydrogens is 334 g/mol. The first-order valence-corrected chi connectivity index (χ1v) is 8.27. The Balaban J connectivity index is 1.91. The van der Waals surface area contributed by atoms with Crippen molar-refractivity contribution in [1.29, 1.82) is 0 Å². The van der Waals surface area contributed by atoms with Crippen molar-refractivity contribution in [2.75, 3.05) is 6.61 Å². The Morgan fingerprint density at radius 1 is 1.08 bits per heavy atom. The fourth-order valence-electron chi connectivity index (χ4n) is 2.76. The molecule has 0 atom stereocenters. The molecule has 0 bridgehead atoms. The monoisotopic (exact) mass is 353 g/mol. The maximum Gasteiger partial charge on any atom is 0.354 e. The van der Waals surface area contributed by atoms with E-state index in [1.54, 1.807) is 31.2 Å². The van der Waals surface area contributed by atoms with Gasteiger partial charge in [-0.25, -0.2) is 4.79 Å². The van der Waals surface area contributed by atoms with Crippen LogP contribution in [0.2, 0.25) is 0 Å². The van der Waals surface area contributed by atoms with Crippen molar-refractivity contribution < 1.29 is 24.2 Å². The van der Waals surface area contributed by atoms with Gasteiger partial charge < -0.3 is 19.1 Å². The number of carboxylic acid groups (broad SMARTS) is 1. The molecule has 0 spiro atoms. The number of hydrogen-bond donors (Lipinski definition) is 1. The molecule has 0 saturated heterocycles. The van der Waals surface area contributed by atoms with Crippen LogP contribution in [0, 0.1) is 0 Å². The van der Waals surface area contributed by atoms with Crippen LogP contribution in [0.25, 0.3) is 10.9 Å². The zero-order valence-corrected chi connectivity index (χ0v) is 14.3. The lowest BCUT2D eigenvalue weighted by molar-refractivity contribution is -0.137. The molecule has 1 aromatic heterocycles. The third-order valence-corrected chi connectivity index (χ3v) is 3.90. The Bertz CT molecular complexity index is 930. The summed E-state index contributed by atoms with van der Waals surface area (Å²) in [6.45, 7) is 2.03. The van der Waals surface area contributed by atoms with Gasteiger partial charge in [-0.2, -0.15) is 0 Å². The quantitative estimate of drug-likeness (QED) is 0.658. The SMILES string of the molecule is CCOC(=O)c1cc2cc(OCc3ccccc3)ccc2n1CC(=O)O. The number of fused-ring (bicyclic) bond motifs is 1. The first-order chi connectivity index (χ1) is 12.6. The predicted molar refractivity (Wildman–Crippen MR) is 96.3 cm³/mol. The molecule has 0 aliphatic carbocycles. The summed E-state index contributed by atoms with van der Waals surface area (Å²) in [6, 6.07) is 16.7. The summed E-state index contributed by atoms with van der Waals surface area (Å²) in [5.74, 6) is -0.932. The minimum Gasteiger partial charge on any atom is -0.489 e. The minimum atomic E-state index is -1.03. The van der Waals surface area contributed by atoms with Crippen molar-refractivity contribution in [2.45, 2.75) is 20.1 Å². The number of carbonyl (C=O) groups excluding carboxylic acids is 1. The second kappa shape index (κ2) is 7.74. The van der Waals surface area contributed by atoms with E-state index in [4.69, 9.17) is 14.6 Å². The second-order valence-electron chi connectivity index (χ2n) is 5.72. The Morgan fingerprint density at radius 2 is 1.85 bits per heavy atom. The molecule has 1 N–H and O–H groups in total. The van der Waals surface area contributed by atoms with Crippen molar-refractivity contribution in [1.82, 2.24) is 4.57 Å². The van der Waals surface area contributed by atoms with E-state index >= 15 is 0 Å². The highest BCUT2D eigenvalue weighted by molar-refractivity contribution is 5.96. The normalized spacial score (nSPS) is 10.7. The lowest BCUT2D eigenvalue weighted by atomic mass is 10.2. The number of carbonyl (C=O) groups is 2. The summed E-state index contributed by atoms with van der Waals surface area (Å²) >= 11 is 0. The van der Waals surface area contributed by atoms with Crippen molar-refractivity contribution in [3.05, 3.63) is 65.9 Å². The van der Waals surface area contributed by atoms with Crippen LogP contribution in [0.5, 0.6) is 5.75 Å². The molecule has 0 unspecified atom stereocenters. The van der Waals surface area contributed by atoms with Gasteiger partial charge in [-0.3, -0.25) is 4.79 Å². The molecule has 0 saturated carbocycles. The average molecular weight is 353 g/mol. The molecule has 0 aliphatic rings. The topological polar surface area (TPSA) is 77.8 Å². The Hall–Kier alpha value is -3.28. The maximum atomic E-state index is 12.1. The first-order valence-electron chi connectivity index (χ1n) is 8.27. The van der Waals surface area contributed by atoms with Crippen LogP contribution >= 0.6 is 0 Å². The van der Waals surface area contributed by atoms with Crippen molar-refractivity contribution in [3.8, 4) is 5.75 Å². The van der Waals surface area contributed by atoms with Gasteiger partial charge in [-0.15, -0.1) is 0 Å². The molecule has 134 valence electrons. The van der Waals surface area contributed by atoms with Gasteiger partial charge in [0, 0.05) is 10.9 Å². The molecule has 1 heterocycles. The van der Waals surface area contributed by atoms with Crippen LogP contribution in [-0.4, -0.2) is 28.2 Å². The number of nitrogens with zero attached hydrogens (tertiary/aromatic N) is 1. The standard InChI is InChI=1S/C20H19NO5/c1-2-25-20(24)18-11-15-10-16(26-13-14-6-4-3-5-7-14)8-9-17(15)21(18)12-19(22)23/h3-11H,2,12-13H2,1H3,(H,22,23). The van der Waals surface area contributed by atoms with E-state index in [-0.39, 0.29) is 18.8 Å². The van der Waals surface area contributed by atoms with E-state index in [1.807, 2.05) is 30.3 Å². The lowest BCUT2D eigenvalue weighted by Crippen LogP contribution is -2.16. The molecule has 2 aromatic carbocycles. The zero-order valence-electron chi connectivity index (χ0n) is 14.3. The number of carboxylic acids is 1. The van der Waals surface area contributed by atoms with Gasteiger partial charge >= 0.3 is 11.9 Å². The van der Waals surface area contributed by atoms with Gasteiger partial charge in [-0.1, -0.05) is 30.3 Å². The van der Waals surface area contributed by atoms with Gasteiger partial charge in [0.25, 0.3) is 0 Å². The van der Waals surface area contributed by atoms with Crippen molar-refractivity contribution in [2.24, 2.45) is 0 Å². The van der Waals surface area contributed by atoms with Crippen LogP contribution < -0.4 is 4.74 Å². The smallest absolute Gasteiger partial charge is 0.354 e. The van der Waals surface area contributed by atoms with Crippen LogP contribution in [0.3, 0.4) is 0 Å². The van der Waals surface area contributed by atoms with E-state index in [9.17, 15) is 9.59 Å². The fraction of sp³-hybridized carbons (Fsp3) is 0.200. The number of esters is 1. The van der Waals surface area contributed by atoms with E-state index in [1.165, 1.54) is 4.57 Å². The second-order valence-corrected chi connectivity index (χ2v) is 5.72.